The maximum Gasteiger partial charge on any atom is 0.121 e. The molecule has 2 N–H and O–H groups in total. The van der Waals surface area contributed by atoms with Gasteiger partial charge < -0.3 is 10.3 Å². The summed E-state index contributed by atoms with van der Waals surface area (Å²) in [6.45, 7) is 3.26. The fourth-order valence-corrected chi connectivity index (χ4v) is 6.05. The molecule has 2 aliphatic rings. The number of para-hydroxylation sites is 3. The van der Waals surface area contributed by atoms with Gasteiger partial charge in [-0.3, -0.25) is 14.9 Å². The number of aromatic amines is 1. The van der Waals surface area contributed by atoms with Crippen LogP contribution in [0.25, 0.3) is 21.9 Å². The smallest absolute Gasteiger partial charge is 0.121 e. The molecule has 0 radical (unpaired) electrons. The van der Waals surface area contributed by atoms with Crippen molar-refractivity contribution in [2.24, 2.45) is 4.99 Å². The fourth-order valence-electron chi connectivity index (χ4n) is 6.05. The van der Waals surface area contributed by atoms with Gasteiger partial charge in [-0.2, -0.15) is 0 Å². The van der Waals surface area contributed by atoms with E-state index in [2.05, 4.69) is 110 Å². The minimum absolute atomic E-state index is 0.307. The number of H-pyrrole nitrogens is 1. The van der Waals surface area contributed by atoms with Crippen LogP contribution in [0.3, 0.4) is 0 Å². The van der Waals surface area contributed by atoms with Gasteiger partial charge >= 0.3 is 0 Å². The van der Waals surface area contributed by atoms with Crippen LogP contribution in [0.5, 0.6) is 0 Å². The van der Waals surface area contributed by atoms with Crippen molar-refractivity contribution in [1.29, 1.82) is 0 Å². The van der Waals surface area contributed by atoms with Crippen LogP contribution in [0.1, 0.15) is 35.4 Å². The van der Waals surface area contributed by atoms with Crippen molar-refractivity contribution >= 4 is 28.2 Å². The minimum atomic E-state index is 0.307. The van der Waals surface area contributed by atoms with Crippen molar-refractivity contribution in [3.05, 3.63) is 131 Å². The molecule has 1 aliphatic heterocycles. The lowest BCUT2D eigenvalue weighted by molar-refractivity contribution is 0.188. The van der Waals surface area contributed by atoms with E-state index in [-0.39, 0.29) is 0 Å². The summed E-state index contributed by atoms with van der Waals surface area (Å²) in [7, 11) is 0. The zero-order chi connectivity index (χ0) is 27.4. The van der Waals surface area contributed by atoms with Crippen LogP contribution in [0.15, 0.2) is 114 Å². The molecule has 0 saturated heterocycles. The maximum atomic E-state index is 4.89. The average molecular weight is 539 g/mol. The average Bonchev–Trinajstić information content (AvgIpc) is 3.44. The molecule has 0 spiro atoms. The van der Waals surface area contributed by atoms with Crippen molar-refractivity contribution in [2.45, 2.75) is 51.1 Å². The van der Waals surface area contributed by atoms with Gasteiger partial charge in [0.15, 0.2) is 0 Å². The number of imidazole rings is 1. The highest BCUT2D eigenvalue weighted by atomic mass is 15.2. The second-order valence-corrected chi connectivity index (χ2v) is 11.0. The summed E-state index contributed by atoms with van der Waals surface area (Å²) in [5.74, 6) is 1.01. The SMILES string of the molecule is C1=CC2=CC(N(Cc3ccc(CNCc4ccnc5ccccc45)cc3)Cc3nc4ccccc4[nH]3)CCC2N=C1. The van der Waals surface area contributed by atoms with Crippen LogP contribution in [0, 0.1) is 0 Å². The summed E-state index contributed by atoms with van der Waals surface area (Å²) in [4.78, 5) is 20.2. The number of nitrogens with one attached hydrogen (secondary N) is 2. The molecule has 7 rings (SSSR count). The van der Waals surface area contributed by atoms with E-state index in [0.29, 0.717) is 12.1 Å². The van der Waals surface area contributed by atoms with Crippen LogP contribution >= 0.6 is 0 Å². The Bertz CT molecular complexity index is 1710. The number of hydrogen-bond acceptors (Lipinski definition) is 5. The number of nitrogens with zero attached hydrogens (tertiary/aromatic N) is 4. The topological polar surface area (TPSA) is 69.2 Å². The quantitative estimate of drug-likeness (QED) is 0.225. The Morgan fingerprint density at radius 2 is 1.66 bits per heavy atom. The van der Waals surface area contributed by atoms with Crippen molar-refractivity contribution in [2.75, 3.05) is 0 Å². The Hall–Kier alpha value is -4.39. The highest BCUT2D eigenvalue weighted by molar-refractivity contribution is 5.81. The van der Waals surface area contributed by atoms with Crippen LogP contribution in [-0.4, -0.2) is 38.2 Å². The van der Waals surface area contributed by atoms with Crippen LogP contribution in [0.4, 0.5) is 0 Å². The van der Waals surface area contributed by atoms with Gasteiger partial charge in [-0.1, -0.05) is 66.7 Å². The summed E-state index contributed by atoms with van der Waals surface area (Å²) in [6, 6.07) is 28.4. The lowest BCUT2D eigenvalue weighted by atomic mass is 9.89. The molecule has 204 valence electrons. The molecule has 3 aromatic carbocycles. The summed E-state index contributed by atoms with van der Waals surface area (Å²) in [6.07, 6.45) is 12.7. The fraction of sp³-hybridized carbons (Fsp3) is 0.229. The van der Waals surface area contributed by atoms with Gasteiger partial charge in [0, 0.05) is 43.5 Å². The number of dihydropyridines is 1. The van der Waals surface area contributed by atoms with Crippen LogP contribution in [0.2, 0.25) is 0 Å². The summed E-state index contributed by atoms with van der Waals surface area (Å²) in [5, 5.41) is 4.83. The highest BCUT2D eigenvalue weighted by Gasteiger charge is 2.27. The van der Waals surface area contributed by atoms with E-state index in [1.165, 1.54) is 27.6 Å². The molecule has 0 saturated carbocycles. The molecule has 6 heteroatoms. The van der Waals surface area contributed by atoms with Crippen molar-refractivity contribution in [3.8, 4) is 0 Å². The molecular formula is C35H34N6. The second kappa shape index (κ2) is 11.6. The predicted octanol–water partition coefficient (Wildman–Crippen LogP) is 6.50. The Balaban J connectivity index is 1.05. The Kier molecular flexibility index (Phi) is 7.24. The monoisotopic (exact) mass is 538 g/mol. The van der Waals surface area contributed by atoms with Crippen LogP contribution < -0.4 is 5.32 Å². The van der Waals surface area contributed by atoms with E-state index in [0.717, 1.165) is 61.4 Å². The van der Waals surface area contributed by atoms with Gasteiger partial charge in [0.1, 0.15) is 5.82 Å². The number of rotatable bonds is 9. The molecule has 2 atom stereocenters. The third-order valence-electron chi connectivity index (χ3n) is 8.20. The molecule has 6 nitrogen and oxygen atoms in total. The van der Waals surface area contributed by atoms with E-state index in [4.69, 9.17) is 4.98 Å². The predicted molar refractivity (Wildman–Crippen MR) is 167 cm³/mol. The van der Waals surface area contributed by atoms with Gasteiger partial charge in [0.2, 0.25) is 0 Å². The molecule has 0 amide bonds. The third-order valence-corrected chi connectivity index (χ3v) is 8.20. The number of allylic oxidation sites excluding steroid dienone is 1. The van der Waals surface area contributed by atoms with E-state index < -0.39 is 0 Å². The van der Waals surface area contributed by atoms with Gasteiger partial charge in [-0.15, -0.1) is 0 Å². The highest BCUT2D eigenvalue weighted by Crippen LogP contribution is 2.29. The Morgan fingerprint density at radius 3 is 2.56 bits per heavy atom. The van der Waals surface area contributed by atoms with Crippen molar-refractivity contribution < 1.29 is 0 Å². The first-order chi connectivity index (χ1) is 20.3. The molecule has 2 unspecified atom stereocenters. The number of benzene rings is 3. The van der Waals surface area contributed by atoms with Gasteiger partial charge in [-0.25, -0.2) is 4.98 Å². The number of pyridine rings is 1. The van der Waals surface area contributed by atoms with Crippen molar-refractivity contribution in [1.82, 2.24) is 25.2 Å². The molecule has 2 aromatic heterocycles. The first kappa shape index (κ1) is 25.6. The number of fused-ring (bicyclic) bond motifs is 3. The first-order valence-corrected chi connectivity index (χ1v) is 14.5. The molecule has 1 aliphatic carbocycles. The summed E-state index contributed by atoms with van der Waals surface area (Å²) < 4.78 is 0. The second-order valence-electron chi connectivity index (χ2n) is 11.0. The molecule has 0 fully saturated rings. The van der Waals surface area contributed by atoms with Gasteiger partial charge in [-0.05, 0) is 65.4 Å². The summed E-state index contributed by atoms with van der Waals surface area (Å²) >= 11 is 0. The first-order valence-electron chi connectivity index (χ1n) is 14.5. The standard InChI is InChI=1S/C35H34N6/c1-2-8-32-30(7-1)28(17-19-38-32)22-36-21-25-11-13-26(14-12-25)23-41(24-35-39-33-9-3-4-10-34(33)40-35)29-15-16-31-27(20-29)6-5-18-37-31/h1-14,17-20,29,31,36H,15-16,21-24H2,(H,39,40). The lowest BCUT2D eigenvalue weighted by Gasteiger charge is -2.34. The van der Waals surface area contributed by atoms with E-state index in [1.807, 2.05) is 24.5 Å². The Morgan fingerprint density at radius 1 is 0.829 bits per heavy atom. The molecule has 5 aromatic rings. The van der Waals surface area contributed by atoms with E-state index >= 15 is 0 Å². The molecule has 0 bridgehead atoms. The molecule has 3 heterocycles. The minimum Gasteiger partial charge on any atom is -0.341 e. The zero-order valence-electron chi connectivity index (χ0n) is 23.1. The molecule has 41 heavy (non-hydrogen) atoms. The van der Waals surface area contributed by atoms with E-state index in [9.17, 15) is 0 Å². The Labute approximate surface area is 240 Å². The van der Waals surface area contributed by atoms with E-state index in [1.54, 1.807) is 0 Å². The summed E-state index contributed by atoms with van der Waals surface area (Å²) in [5.41, 5.74) is 8.35. The third kappa shape index (κ3) is 5.75. The maximum absolute atomic E-state index is 4.89. The van der Waals surface area contributed by atoms with Gasteiger partial charge in [0.05, 0.1) is 29.1 Å². The van der Waals surface area contributed by atoms with Crippen molar-refractivity contribution in [3.63, 3.8) is 0 Å². The molecular weight excluding hydrogens is 504 g/mol. The lowest BCUT2D eigenvalue weighted by Crippen LogP contribution is -2.37. The number of aromatic nitrogens is 3. The number of aliphatic imine (C=N–C) groups is 1. The zero-order valence-corrected chi connectivity index (χ0v) is 23.1. The normalized spacial score (nSPS) is 18.2. The van der Waals surface area contributed by atoms with Crippen LogP contribution in [-0.2, 0) is 26.2 Å². The van der Waals surface area contributed by atoms with Gasteiger partial charge in [0.25, 0.3) is 0 Å². The number of hydrogen-bond donors (Lipinski definition) is 2. The largest absolute Gasteiger partial charge is 0.341 e.